The Morgan fingerprint density at radius 1 is 1.35 bits per heavy atom. The van der Waals surface area contributed by atoms with Gasteiger partial charge in [0.15, 0.2) is 5.65 Å². The number of anilines is 1. The van der Waals surface area contributed by atoms with E-state index in [0.29, 0.717) is 23.3 Å². The molecule has 2 heterocycles. The van der Waals surface area contributed by atoms with Crippen LogP contribution >= 0.6 is 11.6 Å². The number of hydrogen-bond acceptors (Lipinski definition) is 4. The van der Waals surface area contributed by atoms with Crippen molar-refractivity contribution < 1.29 is 0 Å². The Kier molecular flexibility index (Phi) is 3.91. The van der Waals surface area contributed by atoms with Crippen LogP contribution in [0.25, 0.3) is 5.65 Å². The molecule has 20 heavy (non-hydrogen) atoms. The maximum Gasteiger partial charge on any atom is 0.364 e. The molecule has 1 aliphatic rings. The number of hydrogen-bond donors (Lipinski definition) is 2. The summed E-state index contributed by atoms with van der Waals surface area (Å²) < 4.78 is 1.27. The molecule has 7 heteroatoms. The lowest BCUT2D eigenvalue weighted by molar-refractivity contribution is 0.272. The van der Waals surface area contributed by atoms with Crippen molar-refractivity contribution in [1.29, 1.82) is 0 Å². The predicted molar refractivity (Wildman–Crippen MR) is 78.3 cm³/mol. The van der Waals surface area contributed by atoms with Gasteiger partial charge in [-0.1, -0.05) is 12.8 Å². The lowest BCUT2D eigenvalue weighted by Gasteiger charge is -2.30. The van der Waals surface area contributed by atoms with E-state index in [1.54, 1.807) is 6.07 Å². The van der Waals surface area contributed by atoms with Crippen molar-refractivity contribution in [2.45, 2.75) is 25.7 Å². The Bertz CT molecular complexity index is 637. The van der Waals surface area contributed by atoms with E-state index >= 15 is 0 Å². The lowest BCUT2D eigenvalue weighted by atomic mass is 9.80. The molecule has 0 bridgehead atoms. The summed E-state index contributed by atoms with van der Waals surface area (Å²) in [7, 11) is 0. The van der Waals surface area contributed by atoms with Gasteiger partial charge in [-0.15, -0.1) is 16.7 Å². The van der Waals surface area contributed by atoms with Crippen LogP contribution in [0, 0.1) is 11.8 Å². The van der Waals surface area contributed by atoms with E-state index in [1.807, 2.05) is 6.07 Å². The lowest BCUT2D eigenvalue weighted by Crippen LogP contribution is -2.28. The van der Waals surface area contributed by atoms with Crippen molar-refractivity contribution in [3.8, 4) is 0 Å². The number of nitrogens with one attached hydrogen (secondary N) is 2. The Balaban J connectivity index is 1.69. The summed E-state index contributed by atoms with van der Waals surface area (Å²) >= 11 is 6.04. The number of alkyl halides is 1. The van der Waals surface area contributed by atoms with E-state index in [4.69, 9.17) is 11.6 Å². The van der Waals surface area contributed by atoms with Crippen molar-refractivity contribution in [3.63, 3.8) is 0 Å². The second-order valence-electron chi connectivity index (χ2n) is 5.36. The highest BCUT2D eigenvalue weighted by Crippen LogP contribution is 2.30. The van der Waals surface area contributed by atoms with Crippen molar-refractivity contribution >= 4 is 23.1 Å². The van der Waals surface area contributed by atoms with Gasteiger partial charge in [0.05, 0.1) is 0 Å². The maximum absolute atomic E-state index is 11.5. The van der Waals surface area contributed by atoms with Crippen LogP contribution in [0.3, 0.4) is 0 Å². The predicted octanol–water partition coefficient (Wildman–Crippen LogP) is 1.87. The minimum Gasteiger partial charge on any atom is -0.368 e. The molecule has 0 aliphatic heterocycles. The molecule has 1 fully saturated rings. The molecule has 1 saturated carbocycles. The molecule has 2 N–H and O–H groups in total. The molecule has 108 valence electrons. The Labute approximate surface area is 121 Å². The average molecular weight is 296 g/mol. The van der Waals surface area contributed by atoms with Crippen LogP contribution in [-0.4, -0.2) is 32.2 Å². The van der Waals surface area contributed by atoms with Crippen LogP contribution in [-0.2, 0) is 0 Å². The van der Waals surface area contributed by atoms with Crippen molar-refractivity contribution in [2.24, 2.45) is 11.8 Å². The second-order valence-corrected chi connectivity index (χ2v) is 5.67. The van der Waals surface area contributed by atoms with E-state index in [-0.39, 0.29) is 5.69 Å². The third-order valence-corrected chi connectivity index (χ3v) is 4.48. The zero-order valence-corrected chi connectivity index (χ0v) is 11.9. The number of halogens is 1. The first-order valence-corrected chi connectivity index (χ1v) is 7.55. The highest BCUT2D eigenvalue weighted by Gasteiger charge is 2.24. The van der Waals surface area contributed by atoms with Gasteiger partial charge in [0.1, 0.15) is 5.82 Å². The summed E-state index contributed by atoms with van der Waals surface area (Å²) in [6, 6.07) is 3.61. The van der Waals surface area contributed by atoms with Gasteiger partial charge in [-0.3, -0.25) is 0 Å². The molecule has 0 saturated heterocycles. The standard InChI is InChI=1S/C13H18ClN5O/c14-7-9-3-1-2-4-10(9)8-15-11-5-6-12-16-17-13(20)19(12)18-11/h5-6,9-10H,1-4,7-8H2,(H,15,18)(H,17,20). The van der Waals surface area contributed by atoms with Crippen LogP contribution in [0.4, 0.5) is 5.82 Å². The number of fused-ring (bicyclic) bond motifs is 1. The van der Waals surface area contributed by atoms with Gasteiger partial charge < -0.3 is 5.32 Å². The Hall–Kier alpha value is -1.56. The van der Waals surface area contributed by atoms with E-state index < -0.39 is 0 Å². The highest BCUT2D eigenvalue weighted by atomic mass is 35.5. The smallest absolute Gasteiger partial charge is 0.364 e. The fraction of sp³-hybridized carbons (Fsp3) is 0.615. The molecule has 2 aromatic rings. The van der Waals surface area contributed by atoms with Crippen LogP contribution in [0.1, 0.15) is 25.7 Å². The van der Waals surface area contributed by atoms with Crippen LogP contribution in [0.2, 0.25) is 0 Å². The van der Waals surface area contributed by atoms with Gasteiger partial charge >= 0.3 is 5.69 Å². The third-order valence-electron chi connectivity index (χ3n) is 4.08. The Morgan fingerprint density at radius 3 is 2.95 bits per heavy atom. The van der Waals surface area contributed by atoms with Crippen molar-refractivity contribution in [2.75, 3.05) is 17.7 Å². The SMILES string of the molecule is O=c1[nH]nc2ccc(NCC3CCCCC3CCl)nn12. The molecule has 3 rings (SSSR count). The molecule has 2 aromatic heterocycles. The summed E-state index contributed by atoms with van der Waals surface area (Å²) in [6.07, 6.45) is 4.97. The number of aromatic nitrogens is 4. The molecule has 0 spiro atoms. The molecule has 2 atom stereocenters. The fourth-order valence-electron chi connectivity index (χ4n) is 2.89. The van der Waals surface area contributed by atoms with Crippen LogP contribution < -0.4 is 11.0 Å². The maximum atomic E-state index is 11.5. The van der Waals surface area contributed by atoms with Crippen molar-refractivity contribution in [3.05, 3.63) is 22.6 Å². The van der Waals surface area contributed by atoms with Gasteiger partial charge in [0.25, 0.3) is 0 Å². The number of H-pyrrole nitrogens is 1. The van der Waals surface area contributed by atoms with E-state index in [9.17, 15) is 4.79 Å². The fourth-order valence-corrected chi connectivity index (χ4v) is 3.30. The summed E-state index contributed by atoms with van der Waals surface area (Å²) in [6.45, 7) is 0.850. The minimum atomic E-state index is -0.319. The molecule has 0 amide bonds. The quantitative estimate of drug-likeness (QED) is 0.845. The van der Waals surface area contributed by atoms with Gasteiger partial charge in [0, 0.05) is 12.4 Å². The second kappa shape index (κ2) is 5.83. The molecular formula is C13H18ClN5O. The summed E-state index contributed by atoms with van der Waals surface area (Å²) in [5, 5.41) is 13.8. The first-order chi connectivity index (χ1) is 9.78. The first-order valence-electron chi connectivity index (χ1n) is 7.02. The molecule has 0 aromatic carbocycles. The minimum absolute atomic E-state index is 0.319. The van der Waals surface area contributed by atoms with Crippen LogP contribution in [0.5, 0.6) is 0 Å². The van der Waals surface area contributed by atoms with E-state index in [1.165, 1.54) is 30.2 Å². The summed E-state index contributed by atoms with van der Waals surface area (Å²) in [5.41, 5.74) is 0.205. The Morgan fingerprint density at radius 2 is 2.15 bits per heavy atom. The number of aromatic amines is 1. The monoisotopic (exact) mass is 295 g/mol. The molecule has 1 aliphatic carbocycles. The van der Waals surface area contributed by atoms with Gasteiger partial charge in [-0.2, -0.15) is 9.61 Å². The summed E-state index contributed by atoms with van der Waals surface area (Å²) in [5.74, 6) is 2.58. The number of nitrogens with zero attached hydrogens (tertiary/aromatic N) is 3. The van der Waals surface area contributed by atoms with Gasteiger partial charge in [-0.05, 0) is 36.8 Å². The zero-order valence-electron chi connectivity index (χ0n) is 11.2. The number of rotatable bonds is 4. The molecule has 2 unspecified atom stereocenters. The molecular weight excluding hydrogens is 278 g/mol. The van der Waals surface area contributed by atoms with Gasteiger partial charge in [0.2, 0.25) is 0 Å². The topological polar surface area (TPSA) is 75.1 Å². The van der Waals surface area contributed by atoms with Crippen molar-refractivity contribution in [1.82, 2.24) is 19.8 Å². The highest BCUT2D eigenvalue weighted by molar-refractivity contribution is 6.18. The van der Waals surface area contributed by atoms with E-state index in [0.717, 1.165) is 12.4 Å². The zero-order chi connectivity index (χ0) is 13.9. The van der Waals surface area contributed by atoms with Crippen LogP contribution in [0.15, 0.2) is 16.9 Å². The molecule has 0 radical (unpaired) electrons. The van der Waals surface area contributed by atoms with Gasteiger partial charge in [-0.25, -0.2) is 9.89 Å². The molecule has 6 nitrogen and oxygen atoms in total. The average Bonchev–Trinajstić information content (AvgIpc) is 2.86. The third kappa shape index (κ3) is 2.65. The largest absolute Gasteiger partial charge is 0.368 e. The summed E-state index contributed by atoms with van der Waals surface area (Å²) in [4.78, 5) is 11.5. The first kappa shape index (κ1) is 13.4. The van der Waals surface area contributed by atoms with E-state index in [2.05, 4.69) is 20.6 Å². The normalized spacial score (nSPS) is 23.1.